The lowest BCUT2D eigenvalue weighted by atomic mass is 9.96. The third-order valence-electron chi connectivity index (χ3n) is 11.5. The fraction of sp³-hybridized carbons (Fsp3) is 0.0377. The third-order valence-corrected chi connectivity index (χ3v) is 11.5. The van der Waals surface area contributed by atoms with Crippen LogP contribution in [0.15, 0.2) is 186 Å². The Kier molecular flexibility index (Phi) is 8.98. The van der Waals surface area contributed by atoms with Crippen molar-refractivity contribution in [2.24, 2.45) is 0 Å². The number of rotatable bonds is 6. The maximum absolute atomic E-state index is 14.0. The van der Waals surface area contributed by atoms with Crippen molar-refractivity contribution in [3.63, 3.8) is 0 Å². The van der Waals surface area contributed by atoms with Gasteiger partial charge in [0.15, 0.2) is 17.5 Å². The fourth-order valence-electron chi connectivity index (χ4n) is 8.56. The van der Waals surface area contributed by atoms with Gasteiger partial charge >= 0.3 is 12.4 Å². The summed E-state index contributed by atoms with van der Waals surface area (Å²) in [4.78, 5) is 15.2. The second-order valence-corrected chi connectivity index (χ2v) is 15.4. The minimum atomic E-state index is -5.00. The molecule has 0 aliphatic rings. The Bertz CT molecular complexity index is 3500. The molecule has 310 valence electrons. The van der Waals surface area contributed by atoms with Crippen LogP contribution in [0, 0.1) is 0 Å². The highest BCUT2D eigenvalue weighted by molar-refractivity contribution is 6.13. The molecule has 3 aromatic heterocycles. The Labute approximate surface area is 360 Å². The topological polar surface area (TPSA) is 56.7 Å². The van der Waals surface area contributed by atoms with Gasteiger partial charge in [-0.2, -0.15) is 26.3 Å². The van der Waals surface area contributed by atoms with E-state index >= 15 is 0 Å². The van der Waals surface area contributed by atoms with E-state index in [1.54, 1.807) is 18.2 Å². The molecule has 11 aromatic rings. The maximum atomic E-state index is 14.0. The van der Waals surface area contributed by atoms with E-state index in [4.69, 9.17) is 19.4 Å². The number of nitrogens with zero attached hydrogens (tertiary/aromatic N) is 4. The number of aromatic nitrogens is 4. The molecule has 0 saturated carbocycles. The maximum Gasteiger partial charge on any atom is 0.416 e. The van der Waals surface area contributed by atoms with E-state index in [1.165, 1.54) is 0 Å². The summed E-state index contributed by atoms with van der Waals surface area (Å²) in [7, 11) is 0. The highest BCUT2D eigenvalue weighted by atomic mass is 19.4. The number of halogens is 6. The number of hydrogen-bond donors (Lipinski definition) is 0. The lowest BCUT2D eigenvalue weighted by molar-refractivity contribution is -0.143. The van der Waals surface area contributed by atoms with E-state index in [2.05, 4.69) is 0 Å². The van der Waals surface area contributed by atoms with Crippen molar-refractivity contribution < 1.29 is 30.8 Å². The minimum Gasteiger partial charge on any atom is -0.456 e. The van der Waals surface area contributed by atoms with E-state index < -0.39 is 23.5 Å². The number of benzene rings is 8. The Hall–Kier alpha value is -8.05. The van der Waals surface area contributed by atoms with Crippen LogP contribution in [0.2, 0.25) is 0 Å². The van der Waals surface area contributed by atoms with Crippen LogP contribution in [0.1, 0.15) is 11.1 Å². The zero-order valence-electron chi connectivity index (χ0n) is 33.3. The molecule has 0 spiro atoms. The van der Waals surface area contributed by atoms with Crippen LogP contribution < -0.4 is 0 Å². The molecule has 5 nitrogen and oxygen atoms in total. The molecule has 0 unspecified atom stereocenters. The fourth-order valence-corrected chi connectivity index (χ4v) is 8.56. The first-order valence-electron chi connectivity index (χ1n) is 20.2. The van der Waals surface area contributed by atoms with Crippen LogP contribution in [-0.4, -0.2) is 19.5 Å². The molecule has 8 aromatic carbocycles. The summed E-state index contributed by atoms with van der Waals surface area (Å²) >= 11 is 0. The standard InChI is InChI=1S/C53H30F6N4O/c54-52(55,56)36-26-35(27-37(30-36)53(57,58)59)33-22-24-44-41(28-33)39-16-7-9-19-43(39)63(44)45-25-23-34(38-18-11-21-47-48(38)40-17-8-10-20-46(40)64-47)29-42(45)51-61-49(31-12-3-1-4-13-31)60-50(62-51)32-14-5-2-6-15-32/h1-30H. The van der Waals surface area contributed by atoms with Crippen molar-refractivity contribution in [3.05, 3.63) is 193 Å². The number of furan rings is 1. The van der Waals surface area contributed by atoms with Crippen LogP contribution in [-0.2, 0) is 12.4 Å². The first-order chi connectivity index (χ1) is 31.0. The molecule has 0 aliphatic heterocycles. The van der Waals surface area contributed by atoms with E-state index in [0.717, 1.165) is 67.2 Å². The van der Waals surface area contributed by atoms with Crippen molar-refractivity contribution in [2.75, 3.05) is 0 Å². The van der Waals surface area contributed by atoms with Gasteiger partial charge in [-0.25, -0.2) is 15.0 Å². The average molecular weight is 853 g/mol. The quantitative estimate of drug-likeness (QED) is 0.156. The summed E-state index contributed by atoms with van der Waals surface area (Å²) in [6, 6.07) is 53.2. The van der Waals surface area contributed by atoms with Gasteiger partial charge in [0.25, 0.3) is 0 Å². The van der Waals surface area contributed by atoms with Crippen LogP contribution in [0.3, 0.4) is 0 Å². The van der Waals surface area contributed by atoms with Crippen LogP contribution in [0.5, 0.6) is 0 Å². The SMILES string of the molecule is FC(F)(F)c1cc(-c2ccc3c(c2)c2ccccc2n3-c2ccc(-c3cccc4oc5ccccc5c34)cc2-c2nc(-c3ccccc3)nc(-c3ccccc3)n2)cc(C(F)(F)F)c1. The molecular weight excluding hydrogens is 823 g/mol. The first-order valence-corrected chi connectivity index (χ1v) is 20.2. The molecule has 0 aliphatic carbocycles. The Morgan fingerprint density at radius 2 is 0.938 bits per heavy atom. The van der Waals surface area contributed by atoms with Crippen molar-refractivity contribution in [2.45, 2.75) is 12.4 Å². The lowest BCUT2D eigenvalue weighted by Crippen LogP contribution is -2.11. The van der Waals surface area contributed by atoms with Gasteiger partial charge in [0, 0.05) is 38.2 Å². The van der Waals surface area contributed by atoms with E-state index in [0.29, 0.717) is 39.6 Å². The predicted octanol–water partition coefficient (Wildman–Crippen LogP) is 15.2. The molecule has 0 amide bonds. The van der Waals surface area contributed by atoms with Crippen LogP contribution in [0.25, 0.3) is 106 Å². The van der Waals surface area contributed by atoms with E-state index in [9.17, 15) is 26.3 Å². The number of hydrogen-bond acceptors (Lipinski definition) is 4. The Morgan fingerprint density at radius 3 is 1.61 bits per heavy atom. The molecule has 0 radical (unpaired) electrons. The predicted molar refractivity (Wildman–Crippen MR) is 239 cm³/mol. The smallest absolute Gasteiger partial charge is 0.416 e. The molecule has 3 heterocycles. The normalized spacial score (nSPS) is 12.2. The van der Waals surface area contributed by atoms with Crippen molar-refractivity contribution in [3.8, 4) is 62.1 Å². The van der Waals surface area contributed by atoms with Crippen LogP contribution in [0.4, 0.5) is 26.3 Å². The molecule has 0 N–H and O–H groups in total. The van der Waals surface area contributed by atoms with Gasteiger partial charge in [0.1, 0.15) is 11.2 Å². The van der Waals surface area contributed by atoms with Gasteiger partial charge < -0.3 is 8.98 Å². The Balaban J connectivity index is 1.19. The second kappa shape index (κ2) is 14.8. The molecule has 11 heteroatoms. The summed E-state index contributed by atoms with van der Waals surface area (Å²) < 4.78 is 92.3. The molecule has 0 bridgehead atoms. The first kappa shape index (κ1) is 38.8. The molecular formula is C53H30F6N4O. The van der Waals surface area contributed by atoms with Gasteiger partial charge in [0.05, 0.1) is 27.8 Å². The number of alkyl halides is 6. The van der Waals surface area contributed by atoms with Gasteiger partial charge in [-0.15, -0.1) is 0 Å². The van der Waals surface area contributed by atoms with Gasteiger partial charge in [-0.05, 0) is 82.9 Å². The number of fused-ring (bicyclic) bond motifs is 6. The molecule has 0 saturated heterocycles. The average Bonchev–Trinajstić information content (AvgIpc) is 3.87. The zero-order chi connectivity index (χ0) is 43.7. The molecule has 11 rings (SSSR count). The summed E-state index contributed by atoms with van der Waals surface area (Å²) in [5.41, 5.74) is 4.75. The summed E-state index contributed by atoms with van der Waals surface area (Å²) in [5, 5.41) is 3.25. The summed E-state index contributed by atoms with van der Waals surface area (Å²) in [5.74, 6) is 1.28. The van der Waals surface area contributed by atoms with Crippen LogP contribution >= 0.6 is 0 Å². The second-order valence-electron chi connectivity index (χ2n) is 15.4. The largest absolute Gasteiger partial charge is 0.456 e. The van der Waals surface area contributed by atoms with E-state index in [1.807, 2.05) is 150 Å². The zero-order valence-corrected chi connectivity index (χ0v) is 33.3. The van der Waals surface area contributed by atoms with E-state index in [-0.39, 0.29) is 17.2 Å². The molecule has 0 atom stereocenters. The van der Waals surface area contributed by atoms with Crippen molar-refractivity contribution in [1.29, 1.82) is 0 Å². The summed E-state index contributed by atoms with van der Waals surface area (Å²) in [6.07, 6.45) is -9.99. The molecule has 64 heavy (non-hydrogen) atoms. The number of para-hydroxylation sites is 2. The highest BCUT2D eigenvalue weighted by Crippen LogP contribution is 2.44. The van der Waals surface area contributed by atoms with Gasteiger partial charge in [-0.1, -0.05) is 121 Å². The monoisotopic (exact) mass is 852 g/mol. The summed E-state index contributed by atoms with van der Waals surface area (Å²) in [6.45, 7) is 0. The Morgan fingerprint density at radius 1 is 0.375 bits per heavy atom. The van der Waals surface area contributed by atoms with Crippen molar-refractivity contribution >= 4 is 43.7 Å². The van der Waals surface area contributed by atoms with Crippen molar-refractivity contribution in [1.82, 2.24) is 19.5 Å². The molecule has 0 fully saturated rings. The highest BCUT2D eigenvalue weighted by Gasteiger charge is 2.37. The minimum absolute atomic E-state index is 0.141. The lowest BCUT2D eigenvalue weighted by Gasteiger charge is -2.17. The van der Waals surface area contributed by atoms with Gasteiger partial charge in [-0.3, -0.25) is 0 Å². The van der Waals surface area contributed by atoms with Gasteiger partial charge in [0.2, 0.25) is 0 Å². The third kappa shape index (κ3) is 6.73.